The number of pyridine rings is 1. The fourth-order valence-electron chi connectivity index (χ4n) is 2.51. The van der Waals surface area contributed by atoms with Crippen molar-refractivity contribution in [2.45, 2.75) is 19.3 Å². The highest BCUT2D eigenvalue weighted by Gasteiger charge is 2.23. The van der Waals surface area contributed by atoms with E-state index >= 15 is 0 Å². The summed E-state index contributed by atoms with van der Waals surface area (Å²) in [7, 11) is 3.42. The first-order valence-electron chi connectivity index (χ1n) is 7.38. The molecule has 0 bridgehead atoms. The van der Waals surface area contributed by atoms with Gasteiger partial charge in [-0.3, -0.25) is 4.79 Å². The van der Waals surface area contributed by atoms with Crippen LogP contribution in [-0.4, -0.2) is 36.5 Å². The zero-order valence-electron chi connectivity index (χ0n) is 12.5. The highest BCUT2D eigenvalue weighted by Crippen LogP contribution is 2.32. The van der Waals surface area contributed by atoms with E-state index < -0.39 is 0 Å². The molecule has 0 radical (unpaired) electrons. The van der Waals surface area contributed by atoms with E-state index in [1.807, 2.05) is 37.4 Å². The largest absolute Gasteiger partial charge is 0.481 e. The lowest BCUT2D eigenvalue weighted by Gasteiger charge is -2.17. The SMILES string of the molecule is COc1nc(C(=O)N(C)CCC2CC2)cc2ccccc12. The van der Waals surface area contributed by atoms with Gasteiger partial charge in [-0.15, -0.1) is 0 Å². The predicted octanol–water partition coefficient (Wildman–Crippen LogP) is 3.12. The van der Waals surface area contributed by atoms with Crippen molar-refractivity contribution < 1.29 is 9.53 Å². The van der Waals surface area contributed by atoms with E-state index in [-0.39, 0.29) is 5.91 Å². The minimum absolute atomic E-state index is 0.0419. The van der Waals surface area contributed by atoms with Crippen LogP contribution in [0.15, 0.2) is 30.3 Å². The Morgan fingerprint density at radius 1 is 1.38 bits per heavy atom. The number of hydrogen-bond acceptors (Lipinski definition) is 3. The standard InChI is InChI=1S/C17H20N2O2/c1-19(10-9-12-7-8-12)17(20)15-11-13-5-3-4-6-14(13)16(18-15)21-2/h3-6,11-12H,7-10H2,1-2H3. The van der Waals surface area contributed by atoms with E-state index in [0.717, 1.165) is 29.7 Å². The number of aromatic nitrogens is 1. The van der Waals surface area contributed by atoms with E-state index in [1.165, 1.54) is 12.8 Å². The Balaban J connectivity index is 1.86. The van der Waals surface area contributed by atoms with Crippen LogP contribution in [0.4, 0.5) is 0 Å². The van der Waals surface area contributed by atoms with Crippen molar-refractivity contribution in [1.82, 2.24) is 9.88 Å². The second kappa shape index (κ2) is 5.72. The number of carbonyl (C=O) groups is 1. The average molecular weight is 284 g/mol. The maximum absolute atomic E-state index is 12.5. The lowest BCUT2D eigenvalue weighted by atomic mass is 10.1. The fraction of sp³-hybridized carbons (Fsp3) is 0.412. The lowest BCUT2D eigenvalue weighted by molar-refractivity contribution is 0.0785. The molecule has 3 rings (SSSR count). The number of rotatable bonds is 5. The third kappa shape index (κ3) is 2.99. The fourth-order valence-corrected chi connectivity index (χ4v) is 2.51. The highest BCUT2D eigenvalue weighted by atomic mass is 16.5. The van der Waals surface area contributed by atoms with Gasteiger partial charge in [0, 0.05) is 19.0 Å². The quantitative estimate of drug-likeness (QED) is 0.847. The Bertz CT molecular complexity index is 665. The molecule has 0 spiro atoms. The van der Waals surface area contributed by atoms with Crippen molar-refractivity contribution in [1.29, 1.82) is 0 Å². The molecule has 0 atom stereocenters. The number of hydrogen-bond donors (Lipinski definition) is 0. The highest BCUT2D eigenvalue weighted by molar-refractivity contribution is 5.98. The van der Waals surface area contributed by atoms with Gasteiger partial charge in [-0.05, 0) is 29.9 Å². The van der Waals surface area contributed by atoms with Gasteiger partial charge in [0.05, 0.1) is 7.11 Å². The van der Waals surface area contributed by atoms with Crippen molar-refractivity contribution in [3.63, 3.8) is 0 Å². The summed E-state index contributed by atoms with van der Waals surface area (Å²) in [6.07, 6.45) is 3.71. The van der Waals surface area contributed by atoms with E-state index in [0.29, 0.717) is 11.6 Å². The second-order valence-corrected chi connectivity index (χ2v) is 5.70. The molecule has 0 N–H and O–H groups in total. The summed E-state index contributed by atoms with van der Waals surface area (Å²) in [5.41, 5.74) is 0.448. The summed E-state index contributed by atoms with van der Waals surface area (Å²) in [4.78, 5) is 18.6. The summed E-state index contributed by atoms with van der Waals surface area (Å²) in [6, 6.07) is 9.66. The number of methoxy groups -OCH3 is 1. The molecule has 0 saturated heterocycles. The molecule has 1 aliphatic rings. The molecule has 1 aromatic carbocycles. The molecule has 0 unspecified atom stereocenters. The summed E-state index contributed by atoms with van der Waals surface area (Å²) in [6.45, 7) is 0.792. The summed E-state index contributed by atoms with van der Waals surface area (Å²) in [5.74, 6) is 1.28. The van der Waals surface area contributed by atoms with Crippen LogP contribution in [0.5, 0.6) is 5.88 Å². The van der Waals surface area contributed by atoms with Gasteiger partial charge in [-0.1, -0.05) is 31.0 Å². The molecule has 21 heavy (non-hydrogen) atoms. The first-order valence-corrected chi connectivity index (χ1v) is 7.38. The van der Waals surface area contributed by atoms with Crippen LogP contribution in [0.2, 0.25) is 0 Å². The molecule has 4 nitrogen and oxygen atoms in total. The minimum atomic E-state index is -0.0419. The Morgan fingerprint density at radius 2 is 2.14 bits per heavy atom. The van der Waals surface area contributed by atoms with E-state index in [1.54, 1.807) is 12.0 Å². The normalized spacial score (nSPS) is 14.2. The Hall–Kier alpha value is -2.10. The summed E-state index contributed by atoms with van der Waals surface area (Å²) in [5, 5.41) is 1.90. The number of fused-ring (bicyclic) bond motifs is 1. The second-order valence-electron chi connectivity index (χ2n) is 5.70. The van der Waals surface area contributed by atoms with Gasteiger partial charge in [0.1, 0.15) is 5.69 Å². The molecular weight excluding hydrogens is 264 g/mol. The third-order valence-electron chi connectivity index (χ3n) is 4.03. The average Bonchev–Trinajstić information content (AvgIpc) is 3.35. The topological polar surface area (TPSA) is 42.4 Å². The smallest absolute Gasteiger partial charge is 0.272 e. The molecule has 1 fully saturated rings. The first-order chi connectivity index (χ1) is 10.2. The zero-order chi connectivity index (χ0) is 14.8. The van der Waals surface area contributed by atoms with Crippen LogP contribution in [0.3, 0.4) is 0 Å². The maximum atomic E-state index is 12.5. The third-order valence-corrected chi connectivity index (χ3v) is 4.03. The minimum Gasteiger partial charge on any atom is -0.481 e. The Kier molecular flexibility index (Phi) is 3.78. The van der Waals surface area contributed by atoms with Gasteiger partial charge in [-0.2, -0.15) is 0 Å². The van der Waals surface area contributed by atoms with Gasteiger partial charge in [0.25, 0.3) is 5.91 Å². The van der Waals surface area contributed by atoms with Gasteiger partial charge in [0.2, 0.25) is 5.88 Å². The predicted molar refractivity (Wildman–Crippen MR) is 82.6 cm³/mol. The molecule has 110 valence electrons. The van der Waals surface area contributed by atoms with Crippen molar-refractivity contribution in [3.05, 3.63) is 36.0 Å². The Labute approximate surface area is 124 Å². The number of benzene rings is 1. The van der Waals surface area contributed by atoms with Gasteiger partial charge < -0.3 is 9.64 Å². The lowest BCUT2D eigenvalue weighted by Crippen LogP contribution is -2.28. The first kappa shape index (κ1) is 13.9. The van der Waals surface area contributed by atoms with Gasteiger partial charge in [0.15, 0.2) is 0 Å². The maximum Gasteiger partial charge on any atom is 0.272 e. The van der Waals surface area contributed by atoms with Crippen LogP contribution in [0.25, 0.3) is 10.8 Å². The van der Waals surface area contributed by atoms with Crippen LogP contribution in [-0.2, 0) is 0 Å². The van der Waals surface area contributed by atoms with Crippen molar-refractivity contribution in [2.75, 3.05) is 20.7 Å². The molecule has 1 amide bonds. The number of carbonyl (C=O) groups excluding carboxylic acids is 1. The Morgan fingerprint density at radius 3 is 2.86 bits per heavy atom. The van der Waals surface area contributed by atoms with Crippen LogP contribution < -0.4 is 4.74 Å². The van der Waals surface area contributed by atoms with Crippen molar-refractivity contribution in [2.24, 2.45) is 5.92 Å². The summed E-state index contributed by atoms with van der Waals surface area (Å²) < 4.78 is 5.32. The van der Waals surface area contributed by atoms with Crippen molar-refractivity contribution >= 4 is 16.7 Å². The molecule has 1 saturated carbocycles. The number of amides is 1. The molecule has 0 aliphatic heterocycles. The number of nitrogens with zero attached hydrogens (tertiary/aromatic N) is 2. The van der Waals surface area contributed by atoms with E-state index in [9.17, 15) is 4.79 Å². The zero-order valence-corrected chi connectivity index (χ0v) is 12.5. The van der Waals surface area contributed by atoms with E-state index in [4.69, 9.17) is 4.74 Å². The van der Waals surface area contributed by atoms with Crippen molar-refractivity contribution in [3.8, 4) is 5.88 Å². The molecular formula is C17H20N2O2. The monoisotopic (exact) mass is 284 g/mol. The molecule has 1 heterocycles. The summed E-state index contributed by atoms with van der Waals surface area (Å²) >= 11 is 0. The molecule has 1 aromatic heterocycles. The van der Waals surface area contributed by atoms with Gasteiger partial charge in [-0.25, -0.2) is 4.98 Å². The molecule has 2 aromatic rings. The molecule has 4 heteroatoms. The van der Waals surface area contributed by atoms with E-state index in [2.05, 4.69) is 4.98 Å². The van der Waals surface area contributed by atoms with Crippen LogP contribution >= 0.6 is 0 Å². The van der Waals surface area contributed by atoms with Crippen LogP contribution in [0.1, 0.15) is 29.8 Å². The molecule has 1 aliphatic carbocycles. The number of ether oxygens (including phenoxy) is 1. The van der Waals surface area contributed by atoms with Crippen LogP contribution in [0, 0.1) is 5.92 Å². The van der Waals surface area contributed by atoms with Gasteiger partial charge >= 0.3 is 0 Å².